The summed E-state index contributed by atoms with van der Waals surface area (Å²) in [6.07, 6.45) is 0. The van der Waals surface area contributed by atoms with E-state index < -0.39 is 0 Å². The Kier molecular flexibility index (Phi) is 4.89. The van der Waals surface area contributed by atoms with Crippen LogP contribution in [0.5, 0.6) is 5.75 Å². The average molecular weight is 256 g/mol. The third-order valence-electron chi connectivity index (χ3n) is 1.58. The summed E-state index contributed by atoms with van der Waals surface area (Å²) in [7, 11) is 0. The molecular weight excluding hydrogens is 246 g/mol. The van der Waals surface area contributed by atoms with Gasteiger partial charge in [0.1, 0.15) is 5.75 Å². The summed E-state index contributed by atoms with van der Waals surface area (Å²) < 4.78 is 5.42. The van der Waals surface area contributed by atoms with Crippen molar-refractivity contribution in [1.29, 1.82) is 0 Å². The molecule has 0 aliphatic heterocycles. The van der Waals surface area contributed by atoms with Crippen LogP contribution >= 0.6 is 15.9 Å². The van der Waals surface area contributed by atoms with Crippen LogP contribution in [0.4, 0.5) is 0 Å². The molecule has 4 nitrogen and oxygen atoms in total. The van der Waals surface area contributed by atoms with Gasteiger partial charge in [-0.3, -0.25) is 0 Å². The Hall–Kier alpha value is -1.19. The van der Waals surface area contributed by atoms with Crippen molar-refractivity contribution in [3.63, 3.8) is 0 Å². The van der Waals surface area contributed by atoms with Gasteiger partial charge < -0.3 is 4.74 Å². The molecule has 1 aromatic carbocycles. The molecule has 1 aromatic rings. The molecule has 0 spiro atoms. The summed E-state index contributed by atoms with van der Waals surface area (Å²) in [4.78, 5) is 2.73. The lowest BCUT2D eigenvalue weighted by atomic mass is 10.3. The maximum Gasteiger partial charge on any atom is 0.119 e. The van der Waals surface area contributed by atoms with E-state index >= 15 is 0 Å². The van der Waals surface area contributed by atoms with Crippen LogP contribution in [-0.4, -0.2) is 18.0 Å². The Bertz CT molecular complexity index is 311. The van der Waals surface area contributed by atoms with E-state index in [9.17, 15) is 0 Å². The molecule has 0 saturated carbocycles. The van der Waals surface area contributed by atoms with Crippen molar-refractivity contribution in [3.05, 3.63) is 40.8 Å². The average Bonchev–Trinajstić information content (AvgIpc) is 2.25. The first-order valence-corrected chi connectivity index (χ1v) is 5.27. The molecule has 5 heteroatoms. The van der Waals surface area contributed by atoms with E-state index in [0.29, 0.717) is 11.9 Å². The van der Waals surface area contributed by atoms with Crippen molar-refractivity contribution in [2.45, 2.75) is 6.04 Å². The van der Waals surface area contributed by atoms with E-state index in [1.54, 1.807) is 0 Å². The van der Waals surface area contributed by atoms with Crippen molar-refractivity contribution < 1.29 is 4.74 Å². The topological polar surface area (TPSA) is 58.0 Å². The van der Waals surface area contributed by atoms with Crippen LogP contribution in [-0.2, 0) is 0 Å². The van der Waals surface area contributed by atoms with Crippen LogP contribution < -0.4 is 4.74 Å². The highest BCUT2D eigenvalue weighted by molar-refractivity contribution is 9.09. The second-order valence-electron chi connectivity index (χ2n) is 2.64. The predicted molar refractivity (Wildman–Crippen MR) is 58.7 cm³/mol. The normalized spacial score (nSPS) is 11.5. The maximum atomic E-state index is 8.25. The Morgan fingerprint density at radius 1 is 1.43 bits per heavy atom. The highest BCUT2D eigenvalue weighted by Crippen LogP contribution is 2.09. The molecule has 0 aliphatic carbocycles. The third-order valence-corrected chi connectivity index (χ3v) is 2.33. The van der Waals surface area contributed by atoms with Crippen LogP contribution in [0.15, 0.2) is 35.4 Å². The molecule has 1 atom stereocenters. The first-order chi connectivity index (χ1) is 6.86. The summed E-state index contributed by atoms with van der Waals surface area (Å²) >= 11 is 3.25. The Morgan fingerprint density at radius 2 is 2.14 bits per heavy atom. The summed E-state index contributed by atoms with van der Waals surface area (Å²) in [5.41, 5.74) is 8.25. The van der Waals surface area contributed by atoms with Crippen molar-refractivity contribution in [2.24, 2.45) is 5.11 Å². The minimum atomic E-state index is -0.166. The zero-order valence-electron chi connectivity index (χ0n) is 7.51. The molecule has 0 saturated heterocycles. The predicted octanol–water partition coefficient (Wildman–Crippen LogP) is 3.14. The van der Waals surface area contributed by atoms with E-state index in [4.69, 9.17) is 10.3 Å². The molecule has 74 valence electrons. The largest absolute Gasteiger partial charge is 0.493 e. The van der Waals surface area contributed by atoms with E-state index in [-0.39, 0.29) is 6.04 Å². The molecule has 1 rings (SSSR count). The number of alkyl halides is 1. The van der Waals surface area contributed by atoms with Crippen LogP contribution in [0.1, 0.15) is 0 Å². The number of benzene rings is 1. The fraction of sp³-hybridized carbons (Fsp3) is 0.333. The molecule has 0 bridgehead atoms. The van der Waals surface area contributed by atoms with Crippen LogP contribution in [0.3, 0.4) is 0 Å². The number of rotatable bonds is 5. The highest BCUT2D eigenvalue weighted by Gasteiger charge is 2.04. The Morgan fingerprint density at radius 3 is 2.71 bits per heavy atom. The first-order valence-electron chi connectivity index (χ1n) is 4.15. The molecule has 0 N–H and O–H groups in total. The van der Waals surface area contributed by atoms with Crippen LogP contribution in [0, 0.1) is 0 Å². The maximum absolute atomic E-state index is 8.25. The van der Waals surface area contributed by atoms with Gasteiger partial charge in [0.25, 0.3) is 0 Å². The zero-order valence-corrected chi connectivity index (χ0v) is 9.09. The number of hydrogen-bond acceptors (Lipinski definition) is 2. The van der Waals surface area contributed by atoms with Gasteiger partial charge in [0.2, 0.25) is 0 Å². The van der Waals surface area contributed by atoms with Crippen LogP contribution in [0.2, 0.25) is 0 Å². The fourth-order valence-electron chi connectivity index (χ4n) is 0.891. The monoisotopic (exact) mass is 255 g/mol. The van der Waals surface area contributed by atoms with E-state index in [1.807, 2.05) is 30.3 Å². The van der Waals surface area contributed by atoms with Crippen molar-refractivity contribution >= 4 is 15.9 Å². The molecular formula is C9H10BrN3O. The molecule has 0 aliphatic rings. The molecule has 0 radical (unpaired) electrons. The molecule has 0 amide bonds. The lowest BCUT2D eigenvalue weighted by Gasteiger charge is -2.09. The highest BCUT2D eigenvalue weighted by atomic mass is 79.9. The van der Waals surface area contributed by atoms with Gasteiger partial charge in [0, 0.05) is 10.2 Å². The van der Waals surface area contributed by atoms with Gasteiger partial charge in [-0.1, -0.05) is 39.2 Å². The summed E-state index contributed by atoms with van der Waals surface area (Å²) in [5.74, 6) is 0.784. The summed E-state index contributed by atoms with van der Waals surface area (Å²) in [6.45, 7) is 0.388. The summed E-state index contributed by atoms with van der Waals surface area (Å²) in [6, 6.07) is 9.27. The lowest BCUT2D eigenvalue weighted by Crippen LogP contribution is -2.16. The molecule has 1 unspecified atom stereocenters. The molecule has 0 aromatic heterocycles. The lowest BCUT2D eigenvalue weighted by molar-refractivity contribution is 0.298. The number of nitrogens with zero attached hydrogens (tertiary/aromatic N) is 3. The second kappa shape index (κ2) is 6.29. The Labute approximate surface area is 90.6 Å². The van der Waals surface area contributed by atoms with Crippen molar-refractivity contribution in [2.75, 3.05) is 11.9 Å². The standard InChI is InChI=1S/C9H10BrN3O/c10-6-8(12-13-11)7-14-9-4-2-1-3-5-9/h1-5,8H,6-7H2. The first kappa shape index (κ1) is 10.9. The fourth-order valence-corrected chi connectivity index (χ4v) is 1.21. The van der Waals surface area contributed by atoms with Gasteiger partial charge in [0.15, 0.2) is 0 Å². The van der Waals surface area contributed by atoms with Crippen LogP contribution in [0.25, 0.3) is 10.4 Å². The second-order valence-corrected chi connectivity index (χ2v) is 3.28. The minimum absolute atomic E-state index is 0.166. The smallest absolute Gasteiger partial charge is 0.119 e. The number of para-hydroxylation sites is 1. The van der Waals surface area contributed by atoms with E-state index in [1.165, 1.54) is 0 Å². The van der Waals surface area contributed by atoms with Gasteiger partial charge in [-0.15, -0.1) is 0 Å². The van der Waals surface area contributed by atoms with E-state index in [0.717, 1.165) is 5.75 Å². The molecule has 0 fully saturated rings. The number of ether oxygens (including phenoxy) is 1. The zero-order chi connectivity index (χ0) is 10.2. The number of azide groups is 1. The van der Waals surface area contributed by atoms with Gasteiger partial charge in [-0.2, -0.15) is 0 Å². The van der Waals surface area contributed by atoms with Gasteiger partial charge in [-0.05, 0) is 17.7 Å². The molecule has 0 heterocycles. The molecule has 14 heavy (non-hydrogen) atoms. The van der Waals surface area contributed by atoms with Gasteiger partial charge in [0.05, 0.1) is 12.6 Å². The van der Waals surface area contributed by atoms with E-state index in [2.05, 4.69) is 26.0 Å². The van der Waals surface area contributed by atoms with Crippen molar-refractivity contribution in [1.82, 2.24) is 0 Å². The number of halogens is 1. The Balaban J connectivity index is 2.43. The quantitative estimate of drug-likeness (QED) is 0.345. The SMILES string of the molecule is [N-]=[N+]=NC(CBr)COc1ccccc1. The van der Waals surface area contributed by atoms with Gasteiger partial charge in [-0.25, -0.2) is 0 Å². The van der Waals surface area contributed by atoms with Gasteiger partial charge >= 0.3 is 0 Å². The summed E-state index contributed by atoms with van der Waals surface area (Å²) in [5, 5.41) is 4.17. The number of hydrogen-bond donors (Lipinski definition) is 0. The van der Waals surface area contributed by atoms with Crippen molar-refractivity contribution in [3.8, 4) is 5.75 Å². The third kappa shape index (κ3) is 3.68. The minimum Gasteiger partial charge on any atom is -0.493 e.